The summed E-state index contributed by atoms with van der Waals surface area (Å²) in [5, 5.41) is 20.9. The number of nitrogens with zero attached hydrogens (tertiary/aromatic N) is 2. The van der Waals surface area contributed by atoms with Gasteiger partial charge in [0.05, 0.1) is 25.4 Å². The maximum Gasteiger partial charge on any atom is 0.481 e. The van der Waals surface area contributed by atoms with E-state index in [1.165, 1.54) is 57.4 Å². The number of aliphatic hydroxyl groups is 2. The number of hydrogen-bond donors (Lipinski definition) is 5. The maximum atomic E-state index is 12.9. The third-order valence-electron chi connectivity index (χ3n) is 12.0. The number of phosphoric acid groups is 2. The Morgan fingerprint density at radius 1 is 0.712 bits per heavy atom. The second-order valence-electron chi connectivity index (χ2n) is 18.9. The molecule has 3 heterocycles. The highest BCUT2D eigenvalue weighted by Gasteiger charge is 2.46. The number of phosphoric ester groups is 2. The molecular formula is C52H85N3O16P2. The van der Waals surface area contributed by atoms with E-state index in [-0.39, 0.29) is 18.7 Å². The number of aromatic nitrogens is 2. The van der Waals surface area contributed by atoms with Gasteiger partial charge < -0.3 is 44.7 Å². The Balaban J connectivity index is 1.40. The van der Waals surface area contributed by atoms with Gasteiger partial charge in [-0.2, -0.15) is 9.29 Å². The Bertz CT molecular complexity index is 2040. The van der Waals surface area contributed by atoms with Crippen LogP contribution in [0.4, 0.5) is 5.82 Å². The van der Waals surface area contributed by atoms with E-state index >= 15 is 0 Å². The number of unbranched alkanes of at least 4 members (excludes halogenated alkanes) is 11. The summed E-state index contributed by atoms with van der Waals surface area (Å²) < 4.78 is 62.4. The monoisotopic (exact) mass is 1070 g/mol. The Labute approximate surface area is 432 Å². The summed E-state index contributed by atoms with van der Waals surface area (Å²) >= 11 is 0. The van der Waals surface area contributed by atoms with Crippen molar-refractivity contribution < 1.29 is 71.0 Å². The molecule has 414 valence electrons. The van der Waals surface area contributed by atoms with Crippen molar-refractivity contribution in [1.29, 1.82) is 0 Å². The normalized spacial score (nSPS) is 22.3. The lowest BCUT2D eigenvalue weighted by Gasteiger charge is -2.21. The summed E-state index contributed by atoms with van der Waals surface area (Å²) in [5.41, 5.74) is 4.59. The lowest BCUT2D eigenvalue weighted by atomic mass is 10.0. The van der Waals surface area contributed by atoms with Crippen molar-refractivity contribution in [3.63, 3.8) is 0 Å². The average Bonchev–Trinajstić information content (AvgIpc) is 4.03. The summed E-state index contributed by atoms with van der Waals surface area (Å²) in [6, 6.07) is 1.24. The van der Waals surface area contributed by atoms with Gasteiger partial charge in [0, 0.05) is 19.0 Å². The molecule has 2 aliphatic heterocycles. The molecule has 2 saturated heterocycles. The molecule has 0 spiro atoms. The number of aliphatic hydroxyl groups excluding tert-OH is 2. The molecule has 0 radical (unpaired) electrons. The van der Waals surface area contributed by atoms with E-state index in [0.29, 0.717) is 31.5 Å². The molecule has 0 aliphatic carbocycles. The van der Waals surface area contributed by atoms with E-state index in [9.17, 15) is 43.5 Å². The Kier molecular flexibility index (Phi) is 31.8. The van der Waals surface area contributed by atoms with Crippen molar-refractivity contribution in [2.45, 2.75) is 205 Å². The minimum Gasteiger partial charge on any atom is -0.462 e. The van der Waals surface area contributed by atoms with Crippen LogP contribution in [-0.2, 0) is 51.0 Å². The quantitative estimate of drug-likeness (QED) is 0.0134. The van der Waals surface area contributed by atoms with Gasteiger partial charge in [-0.05, 0) is 63.4 Å². The van der Waals surface area contributed by atoms with Gasteiger partial charge in [-0.1, -0.05) is 159 Å². The van der Waals surface area contributed by atoms with Crippen molar-refractivity contribution in [2.24, 2.45) is 5.92 Å². The minimum atomic E-state index is -5.44. The van der Waals surface area contributed by atoms with Gasteiger partial charge in [-0.15, -0.1) is 0 Å². The molecule has 1 aromatic rings. The van der Waals surface area contributed by atoms with Crippen molar-refractivity contribution >= 4 is 33.4 Å². The first kappa shape index (κ1) is 63.7. The number of nitrogens with two attached hydrogens (primary N) is 1. The zero-order chi connectivity index (χ0) is 53.3. The average molecular weight is 1070 g/mol. The number of nitrogen functional groups attached to an aromatic ring is 1. The van der Waals surface area contributed by atoms with Crippen molar-refractivity contribution in [3.8, 4) is 0 Å². The van der Waals surface area contributed by atoms with E-state index in [2.05, 4.69) is 72.6 Å². The predicted octanol–water partition coefficient (Wildman–Crippen LogP) is 9.96. The zero-order valence-corrected chi connectivity index (χ0v) is 45.1. The number of anilines is 1. The van der Waals surface area contributed by atoms with Crippen LogP contribution in [0.15, 0.2) is 77.8 Å². The topological polar surface area (TPSA) is 278 Å². The van der Waals surface area contributed by atoms with Crippen LogP contribution in [0.2, 0.25) is 0 Å². The summed E-state index contributed by atoms with van der Waals surface area (Å²) in [6.45, 7) is 4.27. The molecule has 4 unspecified atom stereocenters. The van der Waals surface area contributed by atoms with Crippen LogP contribution in [0.1, 0.15) is 168 Å². The van der Waals surface area contributed by atoms with Gasteiger partial charge >= 0.3 is 33.3 Å². The van der Waals surface area contributed by atoms with Crippen LogP contribution in [0.5, 0.6) is 0 Å². The van der Waals surface area contributed by atoms with E-state index in [1.54, 1.807) is 0 Å². The van der Waals surface area contributed by atoms with Gasteiger partial charge in [0.25, 0.3) is 0 Å². The first-order chi connectivity index (χ1) is 35.0. The summed E-state index contributed by atoms with van der Waals surface area (Å²) in [7, 11) is -10.9. The van der Waals surface area contributed by atoms with Gasteiger partial charge in [0.1, 0.15) is 30.7 Å². The molecule has 0 bridgehead atoms. The molecule has 2 aliphatic rings. The van der Waals surface area contributed by atoms with Crippen LogP contribution < -0.4 is 11.4 Å². The largest absolute Gasteiger partial charge is 0.481 e. The SMILES string of the molecule is CC/C=C\CC1OC1C/C=C\C/C=C\C/C=C\C/C=C\CCC(=O)OC[C@H](COP(=O)(O)OP(=O)(O)OC[C@H]1O[C@@H](n2ccc(N)nc2=O)[C@H](O)[C@@H]1O)OC(=O)CCCCCCCCCCCCCCC(C)C. The number of ether oxygens (including phenoxy) is 4. The minimum absolute atomic E-state index is 0.00269. The van der Waals surface area contributed by atoms with Crippen LogP contribution >= 0.6 is 15.6 Å². The zero-order valence-electron chi connectivity index (χ0n) is 43.3. The first-order valence-corrected chi connectivity index (χ1v) is 29.3. The van der Waals surface area contributed by atoms with E-state index < -0.39 is 83.7 Å². The molecule has 3 rings (SSSR count). The number of carbonyl (C=O) groups excluding carboxylic acids is 2. The smallest absolute Gasteiger partial charge is 0.462 e. The third-order valence-corrected chi connectivity index (χ3v) is 14.6. The Morgan fingerprint density at radius 3 is 1.85 bits per heavy atom. The maximum absolute atomic E-state index is 12.9. The van der Waals surface area contributed by atoms with E-state index in [1.807, 2.05) is 18.2 Å². The molecule has 0 amide bonds. The van der Waals surface area contributed by atoms with Crippen molar-refractivity contribution in [1.82, 2.24) is 9.55 Å². The molecule has 21 heteroatoms. The number of carbonyl (C=O) groups is 2. The van der Waals surface area contributed by atoms with Crippen molar-refractivity contribution in [2.75, 3.05) is 25.6 Å². The van der Waals surface area contributed by atoms with Crippen LogP contribution in [-0.4, -0.2) is 97.9 Å². The van der Waals surface area contributed by atoms with Crippen LogP contribution in [0.25, 0.3) is 0 Å². The number of allylic oxidation sites excluding steroid dienone is 8. The van der Waals surface area contributed by atoms with Gasteiger partial charge in [-0.25, -0.2) is 13.9 Å². The lowest BCUT2D eigenvalue weighted by Crippen LogP contribution is -2.36. The number of hydrogen-bond acceptors (Lipinski definition) is 16. The molecule has 0 aromatic carbocycles. The molecule has 9 atom stereocenters. The summed E-state index contributed by atoms with van der Waals surface area (Å²) in [6.07, 6.45) is 35.1. The van der Waals surface area contributed by atoms with Crippen molar-refractivity contribution in [3.05, 3.63) is 83.5 Å². The van der Waals surface area contributed by atoms with Gasteiger partial charge in [-0.3, -0.25) is 23.2 Å². The fraction of sp³-hybridized carbons (Fsp3) is 0.692. The fourth-order valence-corrected chi connectivity index (χ4v) is 9.91. The van der Waals surface area contributed by atoms with Crippen LogP contribution in [0, 0.1) is 5.92 Å². The molecular weight excluding hydrogens is 985 g/mol. The second kappa shape index (κ2) is 36.4. The predicted molar refractivity (Wildman–Crippen MR) is 279 cm³/mol. The molecule has 1 aromatic heterocycles. The highest BCUT2D eigenvalue weighted by atomic mass is 31.3. The lowest BCUT2D eigenvalue weighted by molar-refractivity contribution is -0.161. The number of rotatable bonds is 41. The molecule has 2 fully saturated rings. The first-order valence-electron chi connectivity index (χ1n) is 26.3. The van der Waals surface area contributed by atoms with Gasteiger partial charge in [0.2, 0.25) is 0 Å². The number of esters is 2. The molecule has 0 saturated carbocycles. The highest BCUT2D eigenvalue weighted by molar-refractivity contribution is 7.61. The number of epoxide rings is 1. The molecule has 6 N–H and O–H groups in total. The Morgan fingerprint density at radius 2 is 1.26 bits per heavy atom. The molecule has 73 heavy (non-hydrogen) atoms. The van der Waals surface area contributed by atoms with Gasteiger partial charge in [0.15, 0.2) is 12.3 Å². The highest BCUT2D eigenvalue weighted by Crippen LogP contribution is 2.60. The fourth-order valence-electron chi connectivity index (χ4n) is 7.80. The Hall–Kier alpha value is -3.58. The summed E-state index contributed by atoms with van der Waals surface area (Å²) in [5.74, 6) is -0.634. The third kappa shape index (κ3) is 29.3. The second-order valence-corrected chi connectivity index (χ2v) is 21.9. The van der Waals surface area contributed by atoms with Crippen LogP contribution in [0.3, 0.4) is 0 Å². The van der Waals surface area contributed by atoms with E-state index in [4.69, 9.17) is 33.7 Å². The van der Waals surface area contributed by atoms with E-state index in [0.717, 1.165) is 74.5 Å². The molecule has 19 nitrogen and oxygen atoms in total. The standard InChI is InChI=1S/C52H85N3O16P2/c1-4-5-26-32-43-44(69-43)33-28-23-19-15-11-7-9-12-16-20-24-29-34-47(56)65-38-42(68-48(57)35-30-25-21-17-13-8-6-10-14-18-22-27-31-41(2)3)39-66-72(61,62)71-73(63,64)67-40-45-49(58)50(59)51(70-45)55-37-36-46(53)54-52(55)60/h5,9,11-12,15,20,23-24,26,28,36-37,41-45,49-51,58-59H,4,6-8,10,13-14,16-19,21-22,25,27,29-35,38-40H2,1-3H3,(H,61,62)(H,63,64)(H2,53,54,60)/b12-9-,15-11-,24-20-,26-5-,28-23-/t42-,43?,44?,45-,49-,50-,51-/m1/s1. The summed E-state index contributed by atoms with van der Waals surface area (Å²) in [4.78, 5) is 61.9.